The smallest absolute Gasteiger partial charge is 0.155 e. The molecule has 0 fully saturated rings. The third-order valence-electron chi connectivity index (χ3n) is 4.36. The molecule has 1 aliphatic rings. The first-order valence-electron chi connectivity index (χ1n) is 7.28. The van der Waals surface area contributed by atoms with Crippen molar-refractivity contribution in [3.05, 3.63) is 35.5 Å². The van der Waals surface area contributed by atoms with E-state index in [1.807, 2.05) is 32.0 Å². The minimum Gasteiger partial charge on any atom is -0.334 e. The molecule has 0 N–H and O–H groups in total. The zero-order valence-electron chi connectivity index (χ0n) is 12.0. The summed E-state index contributed by atoms with van der Waals surface area (Å²) in [5.74, 6) is 0.542. The van der Waals surface area contributed by atoms with Gasteiger partial charge in [0.15, 0.2) is 5.78 Å². The maximum Gasteiger partial charge on any atom is 0.155 e. The molecule has 3 heteroatoms. The van der Waals surface area contributed by atoms with Gasteiger partial charge in [0.1, 0.15) is 5.78 Å². The summed E-state index contributed by atoms with van der Waals surface area (Å²) in [7, 11) is 0. The van der Waals surface area contributed by atoms with Crippen LogP contribution in [-0.2, 0) is 22.4 Å². The van der Waals surface area contributed by atoms with Gasteiger partial charge in [0.25, 0.3) is 0 Å². The fourth-order valence-electron chi connectivity index (χ4n) is 3.21. The Kier molecular flexibility index (Phi) is 3.20. The van der Waals surface area contributed by atoms with Crippen molar-refractivity contribution in [2.45, 2.75) is 45.6 Å². The Bertz CT molecular complexity index is 696. The fraction of sp³-hybridized carbons (Fsp3) is 0.412. The predicted octanol–water partition coefficient (Wildman–Crippen LogP) is 3.24. The molecule has 0 amide bonds. The van der Waals surface area contributed by atoms with Gasteiger partial charge in [0, 0.05) is 35.9 Å². The second-order valence-electron chi connectivity index (χ2n) is 5.52. The zero-order valence-corrected chi connectivity index (χ0v) is 12.0. The van der Waals surface area contributed by atoms with Crippen molar-refractivity contribution < 1.29 is 9.59 Å². The molecule has 0 saturated carbocycles. The van der Waals surface area contributed by atoms with Gasteiger partial charge in [-0.2, -0.15) is 0 Å². The molecule has 20 heavy (non-hydrogen) atoms. The molecule has 2 aromatic rings. The van der Waals surface area contributed by atoms with E-state index in [4.69, 9.17) is 0 Å². The molecule has 1 atom stereocenters. The molecule has 0 radical (unpaired) electrons. The van der Waals surface area contributed by atoms with E-state index < -0.39 is 0 Å². The molecular weight excluding hydrogens is 250 g/mol. The molecule has 3 nitrogen and oxygen atoms in total. The van der Waals surface area contributed by atoms with Gasteiger partial charge < -0.3 is 4.57 Å². The summed E-state index contributed by atoms with van der Waals surface area (Å²) in [6.07, 6.45) is 2.39. The summed E-state index contributed by atoms with van der Waals surface area (Å²) in [6, 6.07) is 7.99. The van der Waals surface area contributed by atoms with Crippen LogP contribution in [0.2, 0.25) is 0 Å². The lowest BCUT2D eigenvalue weighted by Crippen LogP contribution is -2.25. The average molecular weight is 269 g/mol. The molecule has 2 heterocycles. The number of fused-ring (bicyclic) bond motifs is 3. The molecule has 3 rings (SSSR count). The van der Waals surface area contributed by atoms with Crippen LogP contribution in [0.3, 0.4) is 0 Å². The highest BCUT2D eigenvalue weighted by Gasteiger charge is 2.28. The van der Waals surface area contributed by atoms with Crippen LogP contribution in [0.4, 0.5) is 0 Å². The molecule has 1 aromatic heterocycles. The Hall–Kier alpha value is -1.90. The highest BCUT2D eigenvalue weighted by molar-refractivity contribution is 5.94. The van der Waals surface area contributed by atoms with Gasteiger partial charge in [-0.3, -0.25) is 9.59 Å². The van der Waals surface area contributed by atoms with E-state index in [2.05, 4.69) is 10.6 Å². The summed E-state index contributed by atoms with van der Waals surface area (Å²) >= 11 is 0. The van der Waals surface area contributed by atoms with Crippen LogP contribution in [0.15, 0.2) is 24.3 Å². The Morgan fingerprint density at radius 1 is 1.30 bits per heavy atom. The Labute approximate surface area is 118 Å². The first kappa shape index (κ1) is 13.1. The molecular formula is C17H19NO2. The highest BCUT2D eigenvalue weighted by Crippen LogP contribution is 2.34. The van der Waals surface area contributed by atoms with Crippen molar-refractivity contribution in [3.8, 4) is 0 Å². The number of aromatic nitrogens is 1. The summed E-state index contributed by atoms with van der Waals surface area (Å²) in [5.41, 5.74) is 3.40. The van der Waals surface area contributed by atoms with Crippen molar-refractivity contribution in [1.29, 1.82) is 0 Å². The average Bonchev–Trinajstić information content (AvgIpc) is 2.78. The Morgan fingerprint density at radius 2 is 2.05 bits per heavy atom. The molecule has 0 aliphatic carbocycles. The maximum absolute atomic E-state index is 12.0. The van der Waals surface area contributed by atoms with Crippen molar-refractivity contribution in [2.24, 2.45) is 0 Å². The minimum absolute atomic E-state index is 0.117. The molecule has 1 aliphatic heterocycles. The number of para-hydroxylation sites is 1. The van der Waals surface area contributed by atoms with Gasteiger partial charge in [-0.1, -0.05) is 25.1 Å². The van der Waals surface area contributed by atoms with E-state index in [-0.39, 0.29) is 17.6 Å². The molecule has 104 valence electrons. The Balaban J connectivity index is 2.24. The zero-order chi connectivity index (χ0) is 14.3. The number of ketones is 2. The van der Waals surface area contributed by atoms with Crippen LogP contribution in [-0.4, -0.2) is 16.1 Å². The van der Waals surface area contributed by atoms with E-state index in [1.165, 1.54) is 5.69 Å². The number of carbonyl (C=O) groups excluding carboxylic acids is 2. The molecule has 1 unspecified atom stereocenters. The van der Waals surface area contributed by atoms with Crippen molar-refractivity contribution in [3.63, 3.8) is 0 Å². The normalized spacial score (nSPS) is 18.3. The quantitative estimate of drug-likeness (QED) is 0.858. The van der Waals surface area contributed by atoms with Gasteiger partial charge in [0.2, 0.25) is 0 Å². The lowest BCUT2D eigenvalue weighted by molar-refractivity contribution is -0.122. The van der Waals surface area contributed by atoms with Crippen molar-refractivity contribution in [2.75, 3.05) is 0 Å². The number of Topliss-reactive ketones (excluding diaryl/α,β-unsaturated/α-hetero) is 2. The van der Waals surface area contributed by atoms with E-state index in [0.717, 1.165) is 22.9 Å². The number of nitrogens with zero attached hydrogens (tertiary/aromatic N) is 1. The second kappa shape index (κ2) is 4.89. The van der Waals surface area contributed by atoms with Gasteiger partial charge >= 0.3 is 0 Å². The van der Waals surface area contributed by atoms with Crippen LogP contribution in [0.5, 0.6) is 0 Å². The number of rotatable bonds is 3. The summed E-state index contributed by atoms with van der Waals surface area (Å²) in [5, 5.41) is 1.13. The number of hydrogen-bond donors (Lipinski definition) is 0. The van der Waals surface area contributed by atoms with Crippen LogP contribution in [0.1, 0.15) is 44.0 Å². The summed E-state index contributed by atoms with van der Waals surface area (Å²) in [6.45, 7) is 3.86. The van der Waals surface area contributed by atoms with Crippen molar-refractivity contribution >= 4 is 22.5 Å². The number of hydrogen-bond acceptors (Lipinski definition) is 2. The van der Waals surface area contributed by atoms with Gasteiger partial charge in [0.05, 0.1) is 6.04 Å². The Morgan fingerprint density at radius 3 is 2.80 bits per heavy atom. The second-order valence-corrected chi connectivity index (χ2v) is 5.52. The topological polar surface area (TPSA) is 39.1 Å². The van der Waals surface area contributed by atoms with Crippen LogP contribution < -0.4 is 0 Å². The van der Waals surface area contributed by atoms with E-state index >= 15 is 0 Å². The van der Waals surface area contributed by atoms with Crippen molar-refractivity contribution in [1.82, 2.24) is 4.57 Å². The monoisotopic (exact) mass is 269 g/mol. The van der Waals surface area contributed by atoms with E-state index in [1.54, 1.807) is 0 Å². The van der Waals surface area contributed by atoms with E-state index in [0.29, 0.717) is 19.3 Å². The predicted molar refractivity (Wildman–Crippen MR) is 79.0 cm³/mol. The fourth-order valence-corrected chi connectivity index (χ4v) is 3.21. The first-order valence-corrected chi connectivity index (χ1v) is 7.28. The van der Waals surface area contributed by atoms with Crippen LogP contribution in [0.25, 0.3) is 10.9 Å². The lowest BCUT2D eigenvalue weighted by atomic mass is 9.97. The highest BCUT2D eigenvalue weighted by atomic mass is 16.1. The molecule has 1 aromatic carbocycles. The largest absolute Gasteiger partial charge is 0.334 e. The third kappa shape index (κ3) is 1.89. The molecule has 0 saturated heterocycles. The SMILES string of the molecule is CCC(=O)Cc1c2n(c3ccccc13)C(C)C(=O)CC2. The first-order chi connectivity index (χ1) is 9.63. The third-order valence-corrected chi connectivity index (χ3v) is 4.36. The van der Waals surface area contributed by atoms with Crippen LogP contribution in [0, 0.1) is 0 Å². The minimum atomic E-state index is -0.117. The van der Waals surface area contributed by atoms with Gasteiger partial charge in [-0.25, -0.2) is 0 Å². The molecule has 0 spiro atoms. The summed E-state index contributed by atoms with van der Waals surface area (Å²) in [4.78, 5) is 23.9. The lowest BCUT2D eigenvalue weighted by Gasteiger charge is -2.23. The number of benzene rings is 1. The van der Waals surface area contributed by atoms with Crippen LogP contribution >= 0.6 is 0 Å². The maximum atomic E-state index is 12.0. The molecule has 0 bridgehead atoms. The standard InChI is InChI=1S/C17H19NO2/c1-3-12(19)10-14-13-6-4-5-7-15(13)18-11(2)17(20)9-8-16(14)18/h4-7,11H,3,8-10H2,1-2H3. The summed E-state index contributed by atoms with van der Waals surface area (Å²) < 4.78 is 2.14. The van der Waals surface area contributed by atoms with Gasteiger partial charge in [-0.15, -0.1) is 0 Å². The number of carbonyl (C=O) groups is 2. The van der Waals surface area contributed by atoms with E-state index in [9.17, 15) is 9.59 Å². The van der Waals surface area contributed by atoms with Gasteiger partial charge in [-0.05, 0) is 25.0 Å².